The van der Waals surface area contributed by atoms with Gasteiger partial charge in [-0.25, -0.2) is 0 Å². The summed E-state index contributed by atoms with van der Waals surface area (Å²) in [6, 6.07) is 16.6. The molecular weight excluding hydrogens is 252 g/mol. The summed E-state index contributed by atoms with van der Waals surface area (Å²) in [5.41, 5.74) is 7.50. The zero-order valence-electron chi connectivity index (χ0n) is 11.4. The molecule has 1 amide bonds. The third-order valence-corrected chi connectivity index (χ3v) is 2.83. The minimum Gasteiger partial charge on any atom is -0.483 e. The Morgan fingerprint density at radius 1 is 1.15 bits per heavy atom. The molecule has 0 heterocycles. The van der Waals surface area contributed by atoms with Crippen LogP contribution >= 0.6 is 0 Å². The van der Waals surface area contributed by atoms with Crippen LogP contribution in [-0.4, -0.2) is 12.5 Å². The number of ether oxygens (including phenoxy) is 1. The van der Waals surface area contributed by atoms with E-state index in [1.54, 1.807) is 0 Å². The fourth-order valence-corrected chi connectivity index (χ4v) is 1.85. The Morgan fingerprint density at radius 3 is 2.50 bits per heavy atom. The third-order valence-electron chi connectivity index (χ3n) is 2.83. The van der Waals surface area contributed by atoms with Crippen molar-refractivity contribution in [2.24, 2.45) is 5.73 Å². The highest BCUT2D eigenvalue weighted by atomic mass is 16.5. The predicted molar refractivity (Wildman–Crippen MR) is 79.6 cm³/mol. The van der Waals surface area contributed by atoms with Crippen molar-refractivity contribution in [3.05, 3.63) is 60.2 Å². The van der Waals surface area contributed by atoms with E-state index in [2.05, 4.69) is 5.32 Å². The van der Waals surface area contributed by atoms with Crippen LogP contribution in [0.2, 0.25) is 0 Å². The number of anilines is 1. The summed E-state index contributed by atoms with van der Waals surface area (Å²) in [6.45, 7) is 1.84. The predicted octanol–water partition coefficient (Wildman–Crippen LogP) is 2.72. The molecule has 2 rings (SSSR count). The van der Waals surface area contributed by atoms with Gasteiger partial charge in [0.05, 0.1) is 0 Å². The van der Waals surface area contributed by atoms with Crippen LogP contribution in [0.4, 0.5) is 5.69 Å². The molecule has 0 aliphatic carbocycles. The molecule has 0 saturated heterocycles. The first-order valence-electron chi connectivity index (χ1n) is 6.49. The lowest BCUT2D eigenvalue weighted by Crippen LogP contribution is -2.21. The Kier molecular flexibility index (Phi) is 4.74. The number of hydrogen-bond donors (Lipinski definition) is 2. The maximum atomic E-state index is 11.8. The molecule has 4 heteroatoms. The van der Waals surface area contributed by atoms with E-state index in [-0.39, 0.29) is 18.6 Å². The molecule has 0 aromatic heterocycles. The van der Waals surface area contributed by atoms with Crippen molar-refractivity contribution in [3.63, 3.8) is 0 Å². The molecule has 3 N–H and O–H groups in total. The molecule has 0 spiro atoms. The Morgan fingerprint density at radius 2 is 1.80 bits per heavy atom. The van der Waals surface area contributed by atoms with E-state index < -0.39 is 0 Å². The first kappa shape index (κ1) is 14.1. The van der Waals surface area contributed by atoms with E-state index in [0.717, 1.165) is 11.3 Å². The van der Waals surface area contributed by atoms with Gasteiger partial charge in [-0.2, -0.15) is 0 Å². The summed E-state index contributed by atoms with van der Waals surface area (Å²) in [6.07, 6.45) is 0. The molecule has 0 aliphatic rings. The molecule has 0 fully saturated rings. The zero-order chi connectivity index (χ0) is 14.4. The molecule has 2 aromatic rings. The van der Waals surface area contributed by atoms with Crippen LogP contribution in [0.3, 0.4) is 0 Å². The zero-order valence-corrected chi connectivity index (χ0v) is 11.4. The normalized spacial score (nSPS) is 11.7. The van der Waals surface area contributed by atoms with Gasteiger partial charge < -0.3 is 15.8 Å². The second-order valence-corrected chi connectivity index (χ2v) is 4.53. The highest BCUT2D eigenvalue weighted by molar-refractivity contribution is 5.91. The molecule has 104 valence electrons. The maximum absolute atomic E-state index is 11.8. The van der Waals surface area contributed by atoms with Crippen molar-refractivity contribution >= 4 is 11.6 Å². The van der Waals surface area contributed by atoms with Gasteiger partial charge in [-0.15, -0.1) is 0 Å². The number of carbonyl (C=O) groups excluding carboxylic acids is 1. The lowest BCUT2D eigenvalue weighted by molar-refractivity contribution is -0.118. The lowest BCUT2D eigenvalue weighted by Gasteiger charge is -2.13. The minimum absolute atomic E-state index is 0.0430. The van der Waals surface area contributed by atoms with Crippen LogP contribution in [0.15, 0.2) is 54.6 Å². The summed E-state index contributed by atoms with van der Waals surface area (Å²) < 4.78 is 5.54. The van der Waals surface area contributed by atoms with Gasteiger partial charge in [0.2, 0.25) is 0 Å². The fraction of sp³-hybridized carbons (Fsp3) is 0.188. The first-order valence-corrected chi connectivity index (χ1v) is 6.49. The van der Waals surface area contributed by atoms with Gasteiger partial charge in [-0.1, -0.05) is 36.4 Å². The number of para-hydroxylation sites is 2. The molecule has 1 atom stereocenters. The van der Waals surface area contributed by atoms with Crippen LogP contribution in [0.25, 0.3) is 0 Å². The molecular formula is C16H18N2O2. The van der Waals surface area contributed by atoms with Crippen molar-refractivity contribution in [2.75, 3.05) is 11.9 Å². The van der Waals surface area contributed by atoms with Crippen molar-refractivity contribution in [1.29, 1.82) is 0 Å². The highest BCUT2D eigenvalue weighted by Gasteiger charge is 2.09. The number of rotatable bonds is 5. The van der Waals surface area contributed by atoms with Gasteiger partial charge in [0, 0.05) is 17.3 Å². The molecule has 0 aliphatic heterocycles. The largest absolute Gasteiger partial charge is 0.483 e. The molecule has 0 bridgehead atoms. The monoisotopic (exact) mass is 270 g/mol. The maximum Gasteiger partial charge on any atom is 0.262 e. The second kappa shape index (κ2) is 6.73. The van der Waals surface area contributed by atoms with Crippen molar-refractivity contribution in [2.45, 2.75) is 13.0 Å². The molecule has 2 aromatic carbocycles. The van der Waals surface area contributed by atoms with Gasteiger partial charge >= 0.3 is 0 Å². The number of carbonyl (C=O) groups is 1. The number of benzene rings is 2. The first-order chi connectivity index (χ1) is 9.66. The number of amides is 1. The van der Waals surface area contributed by atoms with E-state index in [0.29, 0.717) is 5.75 Å². The van der Waals surface area contributed by atoms with Gasteiger partial charge in [0.15, 0.2) is 6.61 Å². The highest BCUT2D eigenvalue weighted by Crippen LogP contribution is 2.23. The van der Waals surface area contributed by atoms with E-state index >= 15 is 0 Å². The SMILES string of the molecule is C[C@H](N)c1ccccc1OCC(=O)Nc1ccccc1. The Balaban J connectivity index is 1.94. The second-order valence-electron chi connectivity index (χ2n) is 4.53. The van der Waals surface area contributed by atoms with Gasteiger partial charge in [0.1, 0.15) is 5.75 Å². The van der Waals surface area contributed by atoms with Crippen molar-refractivity contribution < 1.29 is 9.53 Å². The summed E-state index contributed by atoms with van der Waals surface area (Å²) in [7, 11) is 0. The summed E-state index contributed by atoms with van der Waals surface area (Å²) >= 11 is 0. The van der Waals surface area contributed by atoms with Gasteiger partial charge in [-0.3, -0.25) is 4.79 Å². The molecule has 0 radical (unpaired) electrons. The summed E-state index contributed by atoms with van der Waals surface area (Å²) in [5, 5.41) is 2.77. The topological polar surface area (TPSA) is 64.3 Å². The van der Waals surface area contributed by atoms with Gasteiger partial charge in [-0.05, 0) is 25.1 Å². The van der Waals surface area contributed by atoms with Crippen LogP contribution in [0, 0.1) is 0 Å². The van der Waals surface area contributed by atoms with Crippen LogP contribution in [-0.2, 0) is 4.79 Å². The quantitative estimate of drug-likeness (QED) is 0.878. The minimum atomic E-state index is -0.198. The number of nitrogens with two attached hydrogens (primary N) is 1. The van der Waals surface area contributed by atoms with Crippen LogP contribution in [0.5, 0.6) is 5.75 Å². The Bertz CT molecular complexity index is 568. The van der Waals surface area contributed by atoms with E-state index in [9.17, 15) is 4.79 Å². The van der Waals surface area contributed by atoms with E-state index in [4.69, 9.17) is 10.5 Å². The third kappa shape index (κ3) is 3.83. The summed E-state index contributed by atoms with van der Waals surface area (Å²) in [4.78, 5) is 11.8. The molecule has 0 unspecified atom stereocenters. The fourth-order valence-electron chi connectivity index (χ4n) is 1.85. The average Bonchev–Trinajstić information content (AvgIpc) is 2.46. The van der Waals surface area contributed by atoms with E-state index in [1.807, 2.05) is 61.5 Å². The number of nitrogens with one attached hydrogen (secondary N) is 1. The van der Waals surface area contributed by atoms with Gasteiger partial charge in [0.25, 0.3) is 5.91 Å². The Hall–Kier alpha value is -2.33. The molecule has 0 saturated carbocycles. The molecule has 20 heavy (non-hydrogen) atoms. The standard InChI is InChI=1S/C16H18N2O2/c1-12(17)14-9-5-6-10-15(14)20-11-16(19)18-13-7-3-2-4-8-13/h2-10,12H,11,17H2,1H3,(H,18,19)/t12-/m0/s1. The Labute approximate surface area is 118 Å². The smallest absolute Gasteiger partial charge is 0.262 e. The van der Waals surface area contributed by atoms with Crippen LogP contribution in [0.1, 0.15) is 18.5 Å². The van der Waals surface area contributed by atoms with E-state index in [1.165, 1.54) is 0 Å². The summed E-state index contributed by atoms with van der Waals surface area (Å²) in [5.74, 6) is 0.446. The van der Waals surface area contributed by atoms with Crippen LogP contribution < -0.4 is 15.8 Å². The number of hydrogen-bond acceptors (Lipinski definition) is 3. The lowest BCUT2D eigenvalue weighted by atomic mass is 10.1. The van der Waals surface area contributed by atoms with Crippen molar-refractivity contribution in [3.8, 4) is 5.75 Å². The molecule has 4 nitrogen and oxygen atoms in total. The average molecular weight is 270 g/mol. The van der Waals surface area contributed by atoms with Crippen molar-refractivity contribution in [1.82, 2.24) is 0 Å².